The average Bonchev–Trinajstić information content (AvgIpc) is 2.79. The second-order valence-electron chi connectivity index (χ2n) is 6.05. The van der Waals surface area contributed by atoms with Crippen molar-refractivity contribution >= 4 is 10.0 Å². The minimum atomic E-state index is -3.37. The van der Waals surface area contributed by atoms with Crippen LogP contribution in [0.1, 0.15) is 51.8 Å². The van der Waals surface area contributed by atoms with Crippen molar-refractivity contribution in [3.05, 3.63) is 18.0 Å². The van der Waals surface area contributed by atoms with Gasteiger partial charge in [-0.25, -0.2) is 8.42 Å². The first-order valence-electron chi connectivity index (χ1n) is 7.77. The Balaban J connectivity index is 2.29. The third-order valence-corrected chi connectivity index (χ3v) is 6.16. The molecule has 6 heteroatoms. The topological polar surface area (TPSA) is 54.3 Å². The Labute approximate surface area is 128 Å². The van der Waals surface area contributed by atoms with Gasteiger partial charge < -0.3 is 9.88 Å². The first-order valence-corrected chi connectivity index (χ1v) is 9.21. The monoisotopic (exact) mass is 313 g/mol. The average molecular weight is 313 g/mol. The van der Waals surface area contributed by atoms with Gasteiger partial charge in [0.05, 0.1) is 0 Å². The van der Waals surface area contributed by atoms with Gasteiger partial charge in [-0.3, -0.25) is 0 Å². The summed E-state index contributed by atoms with van der Waals surface area (Å²) >= 11 is 0. The zero-order valence-electron chi connectivity index (χ0n) is 13.5. The van der Waals surface area contributed by atoms with Crippen molar-refractivity contribution in [3.8, 4) is 0 Å². The molecule has 0 aromatic carbocycles. The van der Waals surface area contributed by atoms with E-state index in [2.05, 4.69) is 19.2 Å². The summed E-state index contributed by atoms with van der Waals surface area (Å²) in [5.74, 6) is 0. The molecule has 120 valence electrons. The summed E-state index contributed by atoms with van der Waals surface area (Å²) in [6.45, 7) is 7.75. The molecule has 1 N–H and O–H groups in total. The molecular formula is C15H27N3O2S. The number of hydrogen-bond acceptors (Lipinski definition) is 3. The van der Waals surface area contributed by atoms with Gasteiger partial charge in [0.15, 0.2) is 0 Å². The van der Waals surface area contributed by atoms with Crippen molar-refractivity contribution < 1.29 is 8.42 Å². The van der Waals surface area contributed by atoms with Gasteiger partial charge in [0.1, 0.15) is 4.90 Å². The molecule has 0 spiro atoms. The first kappa shape index (κ1) is 16.5. The van der Waals surface area contributed by atoms with E-state index >= 15 is 0 Å². The minimum Gasteiger partial charge on any atom is -0.346 e. The molecule has 0 bridgehead atoms. The summed E-state index contributed by atoms with van der Waals surface area (Å²) in [6, 6.07) is 2.24. The number of hydrogen-bond donors (Lipinski definition) is 1. The van der Waals surface area contributed by atoms with Crippen LogP contribution in [0.25, 0.3) is 0 Å². The fourth-order valence-corrected chi connectivity index (χ4v) is 4.09. The summed E-state index contributed by atoms with van der Waals surface area (Å²) in [6.07, 6.45) is 4.86. The van der Waals surface area contributed by atoms with Gasteiger partial charge in [-0.15, -0.1) is 0 Å². The summed E-state index contributed by atoms with van der Waals surface area (Å²) in [5.41, 5.74) is 1.02. The second-order valence-corrected chi connectivity index (χ2v) is 8.05. The van der Waals surface area contributed by atoms with Crippen LogP contribution in [0.2, 0.25) is 0 Å². The van der Waals surface area contributed by atoms with E-state index in [-0.39, 0.29) is 12.1 Å². The predicted molar refractivity (Wildman–Crippen MR) is 84.8 cm³/mol. The van der Waals surface area contributed by atoms with E-state index in [1.165, 1.54) is 0 Å². The SMILES string of the molecule is CCNCc1cc(S(=O)(=O)N(C)C2CCC2)cn1C(C)C. The van der Waals surface area contributed by atoms with Crippen LogP contribution in [0.4, 0.5) is 0 Å². The first-order chi connectivity index (χ1) is 9.87. The molecule has 1 saturated carbocycles. The van der Waals surface area contributed by atoms with Crippen LogP contribution in [0.15, 0.2) is 17.2 Å². The molecule has 0 radical (unpaired) electrons. The smallest absolute Gasteiger partial charge is 0.244 e. The molecule has 1 aliphatic rings. The van der Waals surface area contributed by atoms with Crippen LogP contribution in [-0.2, 0) is 16.6 Å². The maximum absolute atomic E-state index is 12.7. The van der Waals surface area contributed by atoms with Crippen molar-refractivity contribution in [1.29, 1.82) is 0 Å². The fraction of sp³-hybridized carbons (Fsp3) is 0.733. The molecule has 21 heavy (non-hydrogen) atoms. The van der Waals surface area contributed by atoms with E-state index in [1.807, 2.05) is 17.6 Å². The Morgan fingerprint density at radius 2 is 2.10 bits per heavy atom. The maximum atomic E-state index is 12.7. The number of nitrogens with zero attached hydrogens (tertiary/aromatic N) is 2. The summed E-state index contributed by atoms with van der Waals surface area (Å²) in [7, 11) is -1.67. The quantitative estimate of drug-likeness (QED) is 0.841. The highest BCUT2D eigenvalue weighted by Crippen LogP contribution is 2.29. The third-order valence-electron chi connectivity index (χ3n) is 4.29. The van der Waals surface area contributed by atoms with Gasteiger partial charge in [0.2, 0.25) is 10.0 Å². The van der Waals surface area contributed by atoms with Crippen molar-refractivity contribution in [2.45, 2.75) is 63.6 Å². The Morgan fingerprint density at radius 1 is 1.43 bits per heavy atom. The third kappa shape index (κ3) is 3.33. The van der Waals surface area contributed by atoms with Crippen LogP contribution in [0.5, 0.6) is 0 Å². The molecule has 0 unspecified atom stereocenters. The maximum Gasteiger partial charge on any atom is 0.244 e. The van der Waals surface area contributed by atoms with E-state index in [0.717, 1.165) is 31.5 Å². The number of nitrogens with one attached hydrogen (secondary N) is 1. The van der Waals surface area contributed by atoms with Gasteiger partial charge >= 0.3 is 0 Å². The molecule has 0 aliphatic heterocycles. The highest BCUT2D eigenvalue weighted by molar-refractivity contribution is 7.89. The van der Waals surface area contributed by atoms with Crippen molar-refractivity contribution in [2.24, 2.45) is 0 Å². The number of sulfonamides is 1. The molecule has 0 amide bonds. The fourth-order valence-electron chi connectivity index (χ4n) is 2.63. The van der Waals surface area contributed by atoms with Crippen LogP contribution < -0.4 is 5.32 Å². The summed E-state index contributed by atoms with van der Waals surface area (Å²) in [5, 5.41) is 3.27. The number of rotatable bonds is 7. The minimum absolute atomic E-state index is 0.176. The molecule has 0 saturated heterocycles. The Kier molecular flexibility index (Phi) is 5.11. The molecule has 1 fully saturated rings. The lowest BCUT2D eigenvalue weighted by Crippen LogP contribution is -2.41. The molecule has 1 aromatic heterocycles. The zero-order valence-corrected chi connectivity index (χ0v) is 14.3. The number of aromatic nitrogens is 1. The van der Waals surface area contributed by atoms with Gasteiger partial charge in [0.25, 0.3) is 0 Å². The normalized spacial score (nSPS) is 16.7. The zero-order chi connectivity index (χ0) is 15.6. The molecular weight excluding hydrogens is 286 g/mol. The van der Waals surface area contributed by atoms with E-state index < -0.39 is 10.0 Å². The largest absolute Gasteiger partial charge is 0.346 e. The molecule has 5 nitrogen and oxygen atoms in total. The second kappa shape index (κ2) is 6.50. The molecule has 1 heterocycles. The van der Waals surface area contributed by atoms with Gasteiger partial charge in [0, 0.05) is 37.6 Å². The van der Waals surface area contributed by atoms with Crippen LogP contribution >= 0.6 is 0 Å². The van der Waals surface area contributed by atoms with Crippen LogP contribution in [0.3, 0.4) is 0 Å². The van der Waals surface area contributed by atoms with Gasteiger partial charge in [-0.1, -0.05) is 13.3 Å². The molecule has 0 atom stereocenters. The summed E-state index contributed by atoms with van der Waals surface area (Å²) < 4.78 is 29.0. The molecule has 1 aromatic rings. The lowest BCUT2D eigenvalue weighted by molar-refractivity contribution is 0.249. The van der Waals surface area contributed by atoms with Gasteiger partial charge in [-0.2, -0.15) is 4.31 Å². The van der Waals surface area contributed by atoms with Gasteiger partial charge in [-0.05, 0) is 39.3 Å². The van der Waals surface area contributed by atoms with Crippen molar-refractivity contribution in [2.75, 3.05) is 13.6 Å². The molecule has 1 aliphatic carbocycles. The Morgan fingerprint density at radius 3 is 2.57 bits per heavy atom. The van der Waals surface area contributed by atoms with E-state index in [9.17, 15) is 8.42 Å². The van der Waals surface area contributed by atoms with E-state index in [1.54, 1.807) is 17.5 Å². The van der Waals surface area contributed by atoms with Crippen molar-refractivity contribution in [3.63, 3.8) is 0 Å². The lowest BCUT2D eigenvalue weighted by Gasteiger charge is -2.33. The summed E-state index contributed by atoms with van der Waals surface area (Å²) in [4.78, 5) is 0.415. The predicted octanol–water partition coefficient (Wildman–Crippen LogP) is 2.35. The highest BCUT2D eigenvalue weighted by Gasteiger charge is 2.32. The van der Waals surface area contributed by atoms with Crippen LogP contribution in [-0.4, -0.2) is 36.9 Å². The Hall–Kier alpha value is -0.850. The Bertz CT molecular complexity index is 574. The van der Waals surface area contributed by atoms with E-state index in [0.29, 0.717) is 11.4 Å². The van der Waals surface area contributed by atoms with Crippen LogP contribution in [0, 0.1) is 0 Å². The lowest BCUT2D eigenvalue weighted by atomic mass is 9.94. The molecule has 2 rings (SSSR count). The standard InChI is InChI=1S/C15H27N3O2S/c1-5-16-10-14-9-15(11-18(14)12(2)3)21(19,20)17(4)13-7-6-8-13/h9,11-13,16H,5-8,10H2,1-4H3. The van der Waals surface area contributed by atoms with E-state index in [4.69, 9.17) is 0 Å². The van der Waals surface area contributed by atoms with Crippen molar-refractivity contribution in [1.82, 2.24) is 14.2 Å². The highest BCUT2D eigenvalue weighted by atomic mass is 32.2.